The van der Waals surface area contributed by atoms with Crippen LogP contribution in [0.1, 0.15) is 0 Å². The van der Waals surface area contributed by atoms with Gasteiger partial charge in [0.05, 0.1) is 0 Å². The van der Waals surface area contributed by atoms with E-state index in [2.05, 4.69) is 0 Å². The van der Waals surface area contributed by atoms with E-state index in [9.17, 15) is 4.57 Å². The lowest BCUT2D eigenvalue weighted by Gasteiger charge is -1.80. The van der Waals surface area contributed by atoms with E-state index >= 15 is 0 Å². The Morgan fingerprint density at radius 1 is 1.00 bits per heavy atom. The third-order valence-electron chi connectivity index (χ3n) is 0.862. The minimum Gasteiger partial charge on any atom is -0.269 e. The zero-order valence-electron chi connectivity index (χ0n) is 5.06. The topological polar surface area (TPSA) is 17.1 Å². The quantitative estimate of drug-likeness (QED) is 0.632. The molecule has 0 bridgehead atoms. The highest BCUT2D eigenvalue weighted by Crippen LogP contribution is 1.92. The van der Waals surface area contributed by atoms with Crippen molar-refractivity contribution in [1.82, 2.24) is 0 Å². The lowest BCUT2D eigenvalue weighted by Crippen LogP contribution is -1.84. The van der Waals surface area contributed by atoms with Crippen LogP contribution in [-0.2, 0) is 4.57 Å². The van der Waals surface area contributed by atoms with Crippen molar-refractivity contribution in [3.8, 4) is 0 Å². The van der Waals surface area contributed by atoms with Crippen molar-refractivity contribution in [1.29, 1.82) is 0 Å². The average Bonchev–Trinajstić information content (AvgIpc) is 1.90. The van der Waals surface area contributed by atoms with Gasteiger partial charge in [-0.3, -0.25) is 4.57 Å². The molecule has 0 aromatic heterocycles. The van der Waals surface area contributed by atoms with Gasteiger partial charge in [0.25, 0.3) is 0 Å². The molecule has 1 nitrogen and oxygen atoms in total. The van der Waals surface area contributed by atoms with Crippen LogP contribution in [0.15, 0.2) is 30.3 Å². The predicted molar refractivity (Wildman–Crippen MR) is 48.2 cm³/mol. The molecule has 0 aliphatic carbocycles. The zero-order chi connectivity index (χ0) is 5.82. The number of hydrogen-bond acceptors (Lipinski definition) is 1. The largest absolute Gasteiger partial charge is 0.269 e. The first-order valence-electron chi connectivity index (χ1n) is 2.32. The van der Waals surface area contributed by atoms with Crippen LogP contribution in [0, 0.1) is 0 Å². The van der Waals surface area contributed by atoms with E-state index in [0.717, 1.165) is 5.30 Å². The van der Waals surface area contributed by atoms with E-state index in [0.29, 0.717) is 0 Å². The first-order valence-corrected chi connectivity index (χ1v) is 3.13. The van der Waals surface area contributed by atoms with Crippen LogP contribution in [0.2, 0.25) is 0 Å². The second-order valence-electron chi connectivity index (χ2n) is 1.43. The van der Waals surface area contributed by atoms with Crippen LogP contribution in [0.25, 0.3) is 0 Å². The van der Waals surface area contributed by atoms with Gasteiger partial charge in [-0.1, -0.05) is 18.2 Å². The Bertz CT molecular complexity index is 178. The summed E-state index contributed by atoms with van der Waals surface area (Å²) in [6, 6.07) is 9.25. The second-order valence-corrected chi connectivity index (χ2v) is 2.13. The summed E-state index contributed by atoms with van der Waals surface area (Å²) in [5.74, 6) is 0. The van der Waals surface area contributed by atoms with Crippen LogP contribution in [0.4, 0.5) is 0 Å². The smallest absolute Gasteiger partial charge is 0.192 e. The molecule has 0 saturated carbocycles. The van der Waals surface area contributed by atoms with Crippen molar-refractivity contribution in [2.75, 3.05) is 0 Å². The monoisotopic (exact) mass is 196 g/mol. The lowest BCUT2D eigenvalue weighted by molar-refractivity contribution is 0.603. The summed E-state index contributed by atoms with van der Waals surface area (Å²) in [6.07, 6.45) is 0. The van der Waals surface area contributed by atoms with Crippen molar-refractivity contribution in [3.05, 3.63) is 30.3 Å². The summed E-state index contributed by atoms with van der Waals surface area (Å²) < 4.78 is 10.1. The van der Waals surface area contributed by atoms with E-state index in [4.69, 9.17) is 0 Å². The molecular weight excluding hydrogens is 190 g/mol. The number of halogens is 2. The molecule has 0 N–H and O–H groups in total. The van der Waals surface area contributed by atoms with Crippen LogP contribution in [0.5, 0.6) is 0 Å². The summed E-state index contributed by atoms with van der Waals surface area (Å²) in [5, 5.41) is 0.826. The van der Waals surface area contributed by atoms with Crippen molar-refractivity contribution in [3.63, 3.8) is 0 Å². The van der Waals surface area contributed by atoms with E-state index in [1.165, 1.54) is 0 Å². The Hall–Kier alpha value is -0.100. The minimum atomic E-state index is 0. The van der Waals surface area contributed by atoms with Gasteiger partial charge in [-0.2, -0.15) is 0 Å². The average molecular weight is 197 g/mol. The van der Waals surface area contributed by atoms with E-state index in [1.807, 2.05) is 30.3 Å². The third-order valence-corrected chi connectivity index (χ3v) is 1.37. The summed E-state index contributed by atoms with van der Waals surface area (Å²) in [5.41, 5.74) is 0. The molecular formula is C6H7Cl2OP. The van der Waals surface area contributed by atoms with Gasteiger partial charge in [-0.05, 0) is 12.1 Å². The summed E-state index contributed by atoms with van der Waals surface area (Å²) in [4.78, 5) is 0. The summed E-state index contributed by atoms with van der Waals surface area (Å²) in [6.45, 7) is 0. The predicted octanol–water partition coefficient (Wildman–Crippen LogP) is 2.45. The van der Waals surface area contributed by atoms with Gasteiger partial charge < -0.3 is 0 Å². The zero-order valence-corrected chi connectivity index (χ0v) is 7.59. The van der Waals surface area contributed by atoms with Gasteiger partial charge in [0, 0.05) is 5.30 Å². The lowest BCUT2D eigenvalue weighted by atomic mass is 10.4. The molecule has 0 aliphatic rings. The molecule has 0 saturated heterocycles. The highest BCUT2D eigenvalue weighted by atomic mass is 35.5. The molecule has 1 aromatic rings. The van der Waals surface area contributed by atoms with E-state index in [-0.39, 0.29) is 33.3 Å². The molecule has 0 radical (unpaired) electrons. The number of rotatable bonds is 1. The van der Waals surface area contributed by atoms with Crippen LogP contribution < -0.4 is 5.30 Å². The Labute approximate surface area is 73.9 Å². The molecule has 10 heavy (non-hydrogen) atoms. The Kier molecular flexibility index (Phi) is 8.81. The minimum absolute atomic E-state index is 0. The van der Waals surface area contributed by atoms with E-state index < -0.39 is 0 Å². The molecule has 1 aromatic carbocycles. The van der Waals surface area contributed by atoms with Gasteiger partial charge in [-0.15, -0.1) is 24.8 Å². The molecule has 0 fully saturated rings. The molecule has 56 valence electrons. The second kappa shape index (κ2) is 7.01. The summed E-state index contributed by atoms with van der Waals surface area (Å²) >= 11 is 0. The highest BCUT2D eigenvalue weighted by molar-refractivity contribution is 7.34. The van der Waals surface area contributed by atoms with Crippen molar-refractivity contribution >= 4 is 38.6 Å². The fourth-order valence-electron chi connectivity index (χ4n) is 0.489. The first-order chi connectivity index (χ1) is 3.93. The van der Waals surface area contributed by atoms with Crippen molar-refractivity contribution in [2.24, 2.45) is 0 Å². The normalized spacial score (nSPS) is 7.60. The van der Waals surface area contributed by atoms with Crippen LogP contribution >= 0.6 is 33.3 Å². The Morgan fingerprint density at radius 2 is 1.50 bits per heavy atom. The van der Waals surface area contributed by atoms with Crippen molar-refractivity contribution in [2.45, 2.75) is 0 Å². The molecule has 0 aliphatic heterocycles. The SMILES string of the molecule is Cl.Cl.O=Pc1ccccc1. The summed E-state index contributed by atoms with van der Waals surface area (Å²) in [7, 11) is 0.0994. The van der Waals surface area contributed by atoms with Crippen LogP contribution in [0.3, 0.4) is 0 Å². The molecule has 0 amide bonds. The number of benzene rings is 1. The fraction of sp³-hybridized carbons (Fsp3) is 0. The third kappa shape index (κ3) is 3.84. The maximum Gasteiger partial charge on any atom is 0.192 e. The van der Waals surface area contributed by atoms with Gasteiger partial charge >= 0.3 is 0 Å². The van der Waals surface area contributed by atoms with Gasteiger partial charge in [-0.25, -0.2) is 0 Å². The van der Waals surface area contributed by atoms with Crippen LogP contribution in [-0.4, -0.2) is 0 Å². The molecule has 0 atom stereocenters. The van der Waals surface area contributed by atoms with Gasteiger partial charge in [0.1, 0.15) is 0 Å². The molecule has 0 unspecified atom stereocenters. The molecule has 0 spiro atoms. The number of hydrogen-bond donors (Lipinski definition) is 0. The van der Waals surface area contributed by atoms with Gasteiger partial charge in [0.15, 0.2) is 8.46 Å². The fourth-order valence-corrected chi connectivity index (χ4v) is 0.783. The molecule has 0 heterocycles. The molecule has 4 heteroatoms. The van der Waals surface area contributed by atoms with E-state index in [1.54, 1.807) is 0 Å². The highest BCUT2D eigenvalue weighted by Gasteiger charge is 1.81. The Balaban J connectivity index is 0. The maximum atomic E-state index is 10.1. The van der Waals surface area contributed by atoms with Gasteiger partial charge in [0.2, 0.25) is 0 Å². The van der Waals surface area contributed by atoms with Crippen molar-refractivity contribution < 1.29 is 4.57 Å². The first kappa shape index (κ1) is 12.6. The molecule has 1 rings (SSSR count). The maximum absolute atomic E-state index is 10.1. The Morgan fingerprint density at radius 3 is 1.80 bits per heavy atom. The standard InChI is InChI=1S/C6H5OP.2ClH/c7-8-6-4-2-1-3-5-6;;/h1-5H;2*1H.